The van der Waals surface area contributed by atoms with Crippen molar-refractivity contribution in [2.24, 2.45) is 0 Å². The topological polar surface area (TPSA) is 46.3 Å². The molecule has 0 saturated heterocycles. The zero-order chi connectivity index (χ0) is 11.7. The Bertz CT molecular complexity index is 525. The van der Waals surface area contributed by atoms with Crippen molar-refractivity contribution in [3.05, 3.63) is 39.0 Å². The summed E-state index contributed by atoms with van der Waals surface area (Å²) >= 11 is 17.4. The van der Waals surface area contributed by atoms with Gasteiger partial charge in [0.15, 0.2) is 0 Å². The molecule has 3 nitrogen and oxygen atoms in total. The predicted molar refractivity (Wildman–Crippen MR) is 62.9 cm³/mol. The Morgan fingerprint density at radius 1 is 1.19 bits per heavy atom. The quantitative estimate of drug-likeness (QED) is 0.909. The van der Waals surface area contributed by atoms with Gasteiger partial charge < -0.3 is 9.63 Å². The summed E-state index contributed by atoms with van der Waals surface area (Å²) in [6.07, 6.45) is 0. The summed E-state index contributed by atoms with van der Waals surface area (Å²) in [6.45, 7) is -0.252. The third-order valence-corrected chi connectivity index (χ3v) is 3.13. The van der Waals surface area contributed by atoms with Gasteiger partial charge in [-0.05, 0) is 23.7 Å². The average Bonchev–Trinajstić information content (AvgIpc) is 2.63. The second-order valence-corrected chi connectivity index (χ2v) is 4.23. The number of rotatable bonds is 2. The van der Waals surface area contributed by atoms with Crippen molar-refractivity contribution in [2.75, 3.05) is 0 Å². The van der Waals surface area contributed by atoms with E-state index in [9.17, 15) is 0 Å². The normalized spacial score (nSPS) is 10.8. The standard InChI is InChI=1S/C10H6Cl3NO2/c11-7-2-1-5(3-8(7)12)9-6(4-15)10(13)16-14-9/h1-3,15H,4H2. The van der Waals surface area contributed by atoms with E-state index in [1.807, 2.05) is 0 Å². The minimum Gasteiger partial charge on any atom is -0.391 e. The van der Waals surface area contributed by atoms with Crippen LogP contribution in [0.5, 0.6) is 0 Å². The van der Waals surface area contributed by atoms with Crippen LogP contribution in [0.25, 0.3) is 11.3 Å². The van der Waals surface area contributed by atoms with Crippen LogP contribution in [0.2, 0.25) is 15.3 Å². The van der Waals surface area contributed by atoms with Gasteiger partial charge >= 0.3 is 0 Å². The van der Waals surface area contributed by atoms with Crippen molar-refractivity contribution in [1.29, 1.82) is 0 Å². The Labute approximate surface area is 107 Å². The maximum atomic E-state index is 9.13. The second-order valence-electron chi connectivity index (χ2n) is 3.07. The van der Waals surface area contributed by atoms with Crippen LogP contribution < -0.4 is 0 Å². The lowest BCUT2D eigenvalue weighted by Gasteiger charge is -2.01. The monoisotopic (exact) mass is 277 g/mol. The first-order valence-electron chi connectivity index (χ1n) is 4.34. The first-order chi connectivity index (χ1) is 7.63. The van der Waals surface area contributed by atoms with Crippen molar-refractivity contribution in [2.45, 2.75) is 6.61 Å². The van der Waals surface area contributed by atoms with Crippen molar-refractivity contribution in [3.8, 4) is 11.3 Å². The fourth-order valence-electron chi connectivity index (χ4n) is 1.30. The number of aromatic nitrogens is 1. The fraction of sp³-hybridized carbons (Fsp3) is 0.100. The molecule has 16 heavy (non-hydrogen) atoms. The lowest BCUT2D eigenvalue weighted by molar-refractivity contribution is 0.281. The number of aliphatic hydroxyl groups is 1. The number of hydrogen-bond acceptors (Lipinski definition) is 3. The second kappa shape index (κ2) is 4.63. The third kappa shape index (κ3) is 2.04. The van der Waals surface area contributed by atoms with Gasteiger partial charge in [0, 0.05) is 5.56 Å². The van der Waals surface area contributed by atoms with Gasteiger partial charge in [-0.2, -0.15) is 0 Å². The molecule has 0 unspecified atom stereocenters. The number of halogens is 3. The lowest BCUT2D eigenvalue weighted by atomic mass is 10.1. The molecule has 0 spiro atoms. The van der Waals surface area contributed by atoms with Gasteiger partial charge in [0.05, 0.1) is 22.2 Å². The Hall–Kier alpha value is -0.740. The van der Waals surface area contributed by atoms with Gasteiger partial charge in [0.1, 0.15) is 5.69 Å². The minimum absolute atomic E-state index is 0.0728. The number of aliphatic hydroxyl groups excluding tert-OH is 1. The molecular weight excluding hydrogens is 272 g/mol. The number of hydrogen-bond donors (Lipinski definition) is 1. The molecule has 1 heterocycles. The van der Waals surface area contributed by atoms with E-state index in [0.29, 0.717) is 26.9 Å². The summed E-state index contributed by atoms with van der Waals surface area (Å²) in [7, 11) is 0. The number of nitrogens with zero attached hydrogens (tertiary/aromatic N) is 1. The molecule has 0 aliphatic carbocycles. The predicted octanol–water partition coefficient (Wildman–Crippen LogP) is 3.79. The van der Waals surface area contributed by atoms with Crippen LogP contribution in [0.15, 0.2) is 22.7 Å². The van der Waals surface area contributed by atoms with Crippen molar-refractivity contribution < 1.29 is 9.63 Å². The van der Waals surface area contributed by atoms with E-state index in [4.69, 9.17) is 44.4 Å². The molecule has 0 saturated carbocycles. The van der Waals surface area contributed by atoms with Crippen molar-refractivity contribution in [1.82, 2.24) is 5.16 Å². The Kier molecular flexibility index (Phi) is 3.40. The molecule has 0 aliphatic heterocycles. The van der Waals surface area contributed by atoms with Crippen LogP contribution in [0, 0.1) is 0 Å². The van der Waals surface area contributed by atoms with Crippen molar-refractivity contribution in [3.63, 3.8) is 0 Å². The van der Waals surface area contributed by atoms with Gasteiger partial charge in [0.2, 0.25) is 5.22 Å². The fourth-order valence-corrected chi connectivity index (χ4v) is 1.78. The van der Waals surface area contributed by atoms with E-state index in [1.54, 1.807) is 18.2 Å². The molecule has 1 aromatic carbocycles. The molecule has 0 radical (unpaired) electrons. The molecule has 2 rings (SSSR count). The van der Waals surface area contributed by atoms with E-state index < -0.39 is 0 Å². The maximum Gasteiger partial charge on any atom is 0.232 e. The van der Waals surface area contributed by atoms with Crippen LogP contribution in [-0.4, -0.2) is 10.3 Å². The van der Waals surface area contributed by atoms with Crippen LogP contribution in [0.4, 0.5) is 0 Å². The molecular formula is C10H6Cl3NO2. The summed E-state index contributed by atoms with van der Waals surface area (Å²) in [5, 5.41) is 13.8. The average molecular weight is 279 g/mol. The smallest absolute Gasteiger partial charge is 0.232 e. The summed E-state index contributed by atoms with van der Waals surface area (Å²) in [5.41, 5.74) is 1.58. The highest BCUT2D eigenvalue weighted by Gasteiger charge is 2.15. The maximum absolute atomic E-state index is 9.13. The Morgan fingerprint density at radius 3 is 2.56 bits per heavy atom. The number of benzene rings is 1. The molecule has 84 valence electrons. The molecule has 0 aliphatic rings. The van der Waals surface area contributed by atoms with Crippen LogP contribution in [0.3, 0.4) is 0 Å². The Morgan fingerprint density at radius 2 is 1.94 bits per heavy atom. The largest absolute Gasteiger partial charge is 0.391 e. The molecule has 0 atom stereocenters. The molecule has 6 heteroatoms. The van der Waals surface area contributed by atoms with E-state index >= 15 is 0 Å². The van der Waals surface area contributed by atoms with E-state index in [2.05, 4.69) is 5.16 Å². The molecule has 1 aromatic heterocycles. The van der Waals surface area contributed by atoms with Crippen LogP contribution in [-0.2, 0) is 6.61 Å². The zero-order valence-corrected chi connectivity index (χ0v) is 10.1. The molecule has 0 fully saturated rings. The first kappa shape index (κ1) is 11.7. The molecule has 0 bridgehead atoms. The third-order valence-electron chi connectivity index (χ3n) is 2.09. The highest BCUT2D eigenvalue weighted by Crippen LogP contribution is 2.32. The minimum atomic E-state index is -0.252. The summed E-state index contributed by atoms with van der Waals surface area (Å²) < 4.78 is 4.79. The SMILES string of the molecule is OCc1c(-c2ccc(Cl)c(Cl)c2)noc1Cl. The van der Waals surface area contributed by atoms with E-state index in [1.165, 1.54) is 0 Å². The van der Waals surface area contributed by atoms with E-state index in [-0.39, 0.29) is 11.8 Å². The molecule has 1 N–H and O–H groups in total. The molecule has 2 aromatic rings. The highest BCUT2D eigenvalue weighted by atomic mass is 35.5. The van der Waals surface area contributed by atoms with E-state index in [0.717, 1.165) is 0 Å². The van der Waals surface area contributed by atoms with Gasteiger partial charge in [-0.15, -0.1) is 0 Å². The first-order valence-corrected chi connectivity index (χ1v) is 5.47. The summed E-state index contributed by atoms with van der Waals surface area (Å²) in [6, 6.07) is 5.00. The van der Waals surface area contributed by atoms with Gasteiger partial charge in [-0.25, -0.2) is 0 Å². The summed E-state index contributed by atoms with van der Waals surface area (Å²) in [4.78, 5) is 0. The lowest BCUT2D eigenvalue weighted by Crippen LogP contribution is -1.87. The van der Waals surface area contributed by atoms with Gasteiger partial charge in [0.25, 0.3) is 0 Å². The Balaban J connectivity index is 2.54. The van der Waals surface area contributed by atoms with Gasteiger partial charge in [-0.1, -0.05) is 34.4 Å². The van der Waals surface area contributed by atoms with Crippen molar-refractivity contribution >= 4 is 34.8 Å². The summed E-state index contributed by atoms with van der Waals surface area (Å²) in [5.74, 6) is 0. The zero-order valence-electron chi connectivity index (χ0n) is 7.88. The molecule has 0 amide bonds. The van der Waals surface area contributed by atoms with Gasteiger partial charge in [-0.3, -0.25) is 0 Å². The highest BCUT2D eigenvalue weighted by molar-refractivity contribution is 6.42. The van der Waals surface area contributed by atoms with Crippen LogP contribution in [0.1, 0.15) is 5.56 Å². The van der Waals surface area contributed by atoms with Crippen LogP contribution >= 0.6 is 34.8 Å².